The third-order valence-corrected chi connectivity index (χ3v) is 5.81. The van der Waals surface area contributed by atoms with Gasteiger partial charge >= 0.3 is 0 Å². The average molecular weight is 509 g/mol. The van der Waals surface area contributed by atoms with E-state index in [9.17, 15) is 0 Å². The van der Waals surface area contributed by atoms with Gasteiger partial charge in [-0.1, -0.05) is 13.0 Å². The Hall–Kier alpha value is -0.380. The van der Waals surface area contributed by atoms with Crippen LogP contribution in [0.5, 0.6) is 0 Å². The molecule has 2 heterocycles. The lowest BCUT2D eigenvalue weighted by Crippen LogP contribution is -2.43. The van der Waals surface area contributed by atoms with Gasteiger partial charge in [-0.3, -0.25) is 4.99 Å². The van der Waals surface area contributed by atoms with Gasteiger partial charge < -0.3 is 20.3 Å². The van der Waals surface area contributed by atoms with Crippen LogP contribution in [0.15, 0.2) is 22.5 Å². The summed E-state index contributed by atoms with van der Waals surface area (Å²) in [6.45, 7) is 11.4. The van der Waals surface area contributed by atoms with Crippen molar-refractivity contribution in [2.75, 3.05) is 53.0 Å². The molecular formula is C20H37IN4OS. The molecule has 1 fully saturated rings. The lowest BCUT2D eigenvalue weighted by molar-refractivity contribution is 0.121. The number of ether oxygens (including phenoxy) is 1. The van der Waals surface area contributed by atoms with Crippen LogP contribution >= 0.6 is 35.3 Å². The van der Waals surface area contributed by atoms with Gasteiger partial charge in [-0.2, -0.15) is 0 Å². The van der Waals surface area contributed by atoms with E-state index in [0.717, 1.165) is 51.1 Å². The summed E-state index contributed by atoms with van der Waals surface area (Å²) in [5.74, 6) is 2.27. The van der Waals surface area contributed by atoms with Gasteiger partial charge in [-0.05, 0) is 62.6 Å². The van der Waals surface area contributed by atoms with Crippen LogP contribution in [0.3, 0.4) is 0 Å². The predicted octanol–water partition coefficient (Wildman–Crippen LogP) is 3.46. The predicted molar refractivity (Wildman–Crippen MR) is 128 cm³/mol. The highest BCUT2D eigenvalue weighted by Crippen LogP contribution is 2.16. The lowest BCUT2D eigenvalue weighted by Gasteiger charge is -2.32. The summed E-state index contributed by atoms with van der Waals surface area (Å²) in [7, 11) is 1.78. The molecule has 0 spiro atoms. The Balaban J connectivity index is 0.00000364. The van der Waals surface area contributed by atoms with E-state index in [-0.39, 0.29) is 24.0 Å². The minimum absolute atomic E-state index is 0. The number of likely N-dealkylation sites (tertiary alicyclic amines) is 1. The lowest BCUT2D eigenvalue weighted by atomic mass is 9.97. The number of guanidine groups is 1. The van der Waals surface area contributed by atoms with Gasteiger partial charge in [0, 0.05) is 38.2 Å². The molecule has 2 N–H and O–H groups in total. The molecule has 1 unspecified atom stereocenters. The normalized spacial score (nSPS) is 17.4. The average Bonchev–Trinajstić information content (AvgIpc) is 3.16. The Morgan fingerprint density at radius 2 is 2.15 bits per heavy atom. The van der Waals surface area contributed by atoms with Crippen molar-refractivity contribution >= 4 is 41.3 Å². The molecule has 27 heavy (non-hydrogen) atoms. The number of nitrogens with zero attached hydrogens (tertiary/aromatic N) is 2. The molecule has 1 saturated heterocycles. The quantitative estimate of drug-likeness (QED) is 0.289. The van der Waals surface area contributed by atoms with Crippen molar-refractivity contribution in [1.82, 2.24) is 15.5 Å². The van der Waals surface area contributed by atoms with E-state index in [4.69, 9.17) is 9.73 Å². The number of aliphatic imine (C=N–C) groups is 1. The zero-order valence-corrected chi connectivity index (χ0v) is 20.2. The zero-order chi connectivity index (χ0) is 18.6. The van der Waals surface area contributed by atoms with E-state index in [0.29, 0.717) is 5.92 Å². The van der Waals surface area contributed by atoms with E-state index in [1.807, 2.05) is 11.3 Å². The second-order valence-electron chi connectivity index (χ2n) is 7.27. The molecule has 0 bridgehead atoms. The molecular weight excluding hydrogens is 471 g/mol. The van der Waals surface area contributed by atoms with Gasteiger partial charge in [0.15, 0.2) is 5.96 Å². The smallest absolute Gasteiger partial charge is 0.191 e. The maximum absolute atomic E-state index is 5.18. The van der Waals surface area contributed by atoms with E-state index in [2.05, 4.69) is 46.9 Å². The molecule has 1 aliphatic heterocycles. The van der Waals surface area contributed by atoms with E-state index >= 15 is 0 Å². The maximum Gasteiger partial charge on any atom is 0.191 e. The van der Waals surface area contributed by atoms with Crippen LogP contribution in [0, 0.1) is 11.8 Å². The highest BCUT2D eigenvalue weighted by Gasteiger charge is 2.19. The Kier molecular flexibility index (Phi) is 13.3. The van der Waals surface area contributed by atoms with Crippen molar-refractivity contribution in [3.8, 4) is 0 Å². The number of hydrogen-bond donors (Lipinski definition) is 2. The van der Waals surface area contributed by atoms with Crippen molar-refractivity contribution in [3.63, 3.8) is 0 Å². The standard InChI is InChI=1S/C20H36N4OS.HI/c1-4-21-20(22-15-17(2)14-19-6-5-13-26-19)23-16-18-7-9-24(10-8-18)11-12-25-3;/h5-6,13,17-18H,4,7-12,14-16H2,1-3H3,(H2,21,22,23);1H. The number of rotatable bonds is 10. The SMILES string of the molecule is CCNC(=NCC(C)Cc1cccs1)NCC1CCN(CCOC)CC1.I. The monoisotopic (exact) mass is 508 g/mol. The molecule has 156 valence electrons. The Labute approximate surface area is 186 Å². The summed E-state index contributed by atoms with van der Waals surface area (Å²) in [6.07, 6.45) is 3.62. The van der Waals surface area contributed by atoms with Crippen LogP contribution in [0.2, 0.25) is 0 Å². The fraction of sp³-hybridized carbons (Fsp3) is 0.750. The van der Waals surface area contributed by atoms with Crippen LogP contribution in [-0.4, -0.2) is 63.8 Å². The fourth-order valence-electron chi connectivity index (χ4n) is 3.30. The van der Waals surface area contributed by atoms with Gasteiger partial charge in [0.25, 0.3) is 0 Å². The van der Waals surface area contributed by atoms with Crippen molar-refractivity contribution in [2.24, 2.45) is 16.8 Å². The molecule has 7 heteroatoms. The minimum atomic E-state index is 0. The number of nitrogens with one attached hydrogen (secondary N) is 2. The van der Waals surface area contributed by atoms with Crippen molar-refractivity contribution in [2.45, 2.75) is 33.1 Å². The number of thiophene rings is 1. The zero-order valence-electron chi connectivity index (χ0n) is 17.1. The summed E-state index contributed by atoms with van der Waals surface area (Å²) < 4.78 is 5.18. The van der Waals surface area contributed by atoms with Crippen LogP contribution in [0.25, 0.3) is 0 Å². The second kappa shape index (κ2) is 14.6. The van der Waals surface area contributed by atoms with Gasteiger partial charge in [0.1, 0.15) is 0 Å². The van der Waals surface area contributed by atoms with Crippen LogP contribution in [0.4, 0.5) is 0 Å². The third-order valence-electron chi connectivity index (χ3n) is 4.91. The van der Waals surface area contributed by atoms with E-state index < -0.39 is 0 Å². The Morgan fingerprint density at radius 1 is 1.37 bits per heavy atom. The van der Waals surface area contributed by atoms with Gasteiger partial charge in [0.05, 0.1) is 6.61 Å². The molecule has 0 aliphatic carbocycles. The first-order valence-electron chi connectivity index (χ1n) is 9.97. The van der Waals surface area contributed by atoms with E-state index in [1.165, 1.54) is 30.8 Å². The van der Waals surface area contributed by atoms with Gasteiger partial charge in [-0.15, -0.1) is 35.3 Å². The molecule has 0 saturated carbocycles. The molecule has 0 radical (unpaired) electrons. The number of piperidine rings is 1. The summed E-state index contributed by atoms with van der Waals surface area (Å²) in [4.78, 5) is 8.76. The Bertz CT molecular complexity index is 504. The fourth-order valence-corrected chi connectivity index (χ4v) is 4.17. The highest BCUT2D eigenvalue weighted by atomic mass is 127. The largest absolute Gasteiger partial charge is 0.383 e. The number of halogens is 1. The maximum atomic E-state index is 5.18. The summed E-state index contributed by atoms with van der Waals surface area (Å²) in [5.41, 5.74) is 0. The number of hydrogen-bond acceptors (Lipinski definition) is 4. The Morgan fingerprint density at radius 3 is 2.78 bits per heavy atom. The summed E-state index contributed by atoms with van der Waals surface area (Å²) in [6, 6.07) is 4.34. The molecule has 1 atom stereocenters. The van der Waals surface area contributed by atoms with E-state index in [1.54, 1.807) is 7.11 Å². The van der Waals surface area contributed by atoms with Crippen LogP contribution in [0.1, 0.15) is 31.6 Å². The first-order valence-corrected chi connectivity index (χ1v) is 10.8. The topological polar surface area (TPSA) is 48.9 Å². The minimum Gasteiger partial charge on any atom is -0.383 e. The molecule has 1 aliphatic rings. The molecule has 0 amide bonds. The van der Waals surface area contributed by atoms with Crippen LogP contribution < -0.4 is 10.6 Å². The first kappa shape index (κ1) is 24.7. The molecule has 2 rings (SSSR count). The molecule has 1 aromatic rings. The highest BCUT2D eigenvalue weighted by molar-refractivity contribution is 14.0. The first-order chi connectivity index (χ1) is 12.7. The molecule has 5 nitrogen and oxygen atoms in total. The summed E-state index contributed by atoms with van der Waals surface area (Å²) in [5, 5.41) is 9.10. The molecule has 1 aromatic heterocycles. The van der Waals surface area contributed by atoms with Crippen molar-refractivity contribution in [3.05, 3.63) is 22.4 Å². The third kappa shape index (κ3) is 10.1. The van der Waals surface area contributed by atoms with Crippen molar-refractivity contribution in [1.29, 1.82) is 0 Å². The van der Waals surface area contributed by atoms with Gasteiger partial charge in [-0.25, -0.2) is 0 Å². The van der Waals surface area contributed by atoms with Crippen LogP contribution in [-0.2, 0) is 11.2 Å². The van der Waals surface area contributed by atoms with Crippen molar-refractivity contribution < 1.29 is 4.74 Å². The second-order valence-corrected chi connectivity index (χ2v) is 8.30. The molecule has 0 aromatic carbocycles. The summed E-state index contributed by atoms with van der Waals surface area (Å²) >= 11 is 1.84. The number of methoxy groups -OCH3 is 1. The van der Waals surface area contributed by atoms with Gasteiger partial charge in [0.2, 0.25) is 0 Å².